The van der Waals surface area contributed by atoms with E-state index in [9.17, 15) is 10.2 Å². The lowest BCUT2D eigenvalue weighted by Gasteiger charge is -2.44. The Hall–Kier alpha value is -3.28. The monoisotopic (exact) mass is 463 g/mol. The lowest BCUT2D eigenvalue weighted by atomic mass is 9.78. The van der Waals surface area contributed by atoms with Gasteiger partial charge < -0.3 is 14.9 Å². The molecule has 0 radical (unpaired) electrons. The number of nitrogens with zero attached hydrogens (tertiary/aromatic N) is 1. The highest BCUT2D eigenvalue weighted by atomic mass is 16.5. The fraction of sp³-hybridized carbons (Fsp3) is 0.226. The van der Waals surface area contributed by atoms with Gasteiger partial charge in [0.2, 0.25) is 0 Å². The van der Waals surface area contributed by atoms with Gasteiger partial charge in [-0.15, -0.1) is 0 Å². The second-order valence-electron chi connectivity index (χ2n) is 9.45. The van der Waals surface area contributed by atoms with Crippen LogP contribution in [0, 0.1) is 0 Å². The Morgan fingerprint density at radius 2 is 1.26 bits per heavy atom. The van der Waals surface area contributed by atoms with Crippen LogP contribution in [-0.4, -0.2) is 46.5 Å². The lowest BCUT2D eigenvalue weighted by Crippen LogP contribution is -2.52. The van der Waals surface area contributed by atoms with Crippen LogP contribution in [0.2, 0.25) is 0 Å². The van der Waals surface area contributed by atoms with Crippen molar-refractivity contribution < 1.29 is 14.9 Å². The summed E-state index contributed by atoms with van der Waals surface area (Å²) < 4.78 is 6.16. The molecule has 0 unspecified atom stereocenters. The summed E-state index contributed by atoms with van der Waals surface area (Å²) in [6, 6.07) is 37.1. The zero-order chi connectivity index (χ0) is 23.8. The summed E-state index contributed by atoms with van der Waals surface area (Å²) in [6.07, 6.45) is -1.77. The Bertz CT molecular complexity index is 1260. The molecule has 35 heavy (non-hydrogen) atoms. The van der Waals surface area contributed by atoms with Crippen LogP contribution >= 0.6 is 0 Å². The largest absolute Gasteiger partial charge is 0.389 e. The zero-order valence-corrected chi connectivity index (χ0v) is 19.5. The van der Waals surface area contributed by atoms with Crippen LogP contribution in [0.25, 0.3) is 11.1 Å². The number of rotatable bonds is 6. The van der Waals surface area contributed by atoms with Gasteiger partial charge in [0, 0.05) is 6.54 Å². The molecule has 4 aromatic rings. The van der Waals surface area contributed by atoms with E-state index in [1.54, 1.807) is 0 Å². The van der Waals surface area contributed by atoms with E-state index in [0.29, 0.717) is 19.8 Å². The van der Waals surface area contributed by atoms with Crippen molar-refractivity contribution in [3.63, 3.8) is 0 Å². The lowest BCUT2D eigenvalue weighted by molar-refractivity contribution is -0.0135. The number of β-amino-alcohol motifs (C(OH)–C–C–N with tert-alkyl or cyclic N) is 1. The van der Waals surface area contributed by atoms with E-state index in [4.69, 9.17) is 4.74 Å². The second-order valence-corrected chi connectivity index (χ2v) is 9.45. The van der Waals surface area contributed by atoms with Gasteiger partial charge in [0.05, 0.1) is 37.0 Å². The van der Waals surface area contributed by atoms with Gasteiger partial charge in [0.25, 0.3) is 0 Å². The van der Waals surface area contributed by atoms with Gasteiger partial charge in [-0.1, -0.05) is 109 Å². The van der Waals surface area contributed by atoms with Gasteiger partial charge in [-0.3, -0.25) is 4.90 Å². The van der Waals surface area contributed by atoms with Crippen LogP contribution in [0.4, 0.5) is 0 Å². The molecule has 3 atom stereocenters. The molecule has 4 heteroatoms. The van der Waals surface area contributed by atoms with E-state index < -0.39 is 17.7 Å². The highest BCUT2D eigenvalue weighted by Gasteiger charge is 2.56. The van der Waals surface area contributed by atoms with Crippen molar-refractivity contribution in [3.8, 4) is 11.1 Å². The number of benzene rings is 4. The van der Waals surface area contributed by atoms with Gasteiger partial charge in [-0.2, -0.15) is 0 Å². The van der Waals surface area contributed by atoms with Crippen molar-refractivity contribution in [1.82, 2.24) is 4.90 Å². The summed E-state index contributed by atoms with van der Waals surface area (Å²) in [6.45, 7) is 1.11. The molecule has 1 heterocycles. The standard InChI is InChI=1S/C31H29NO3/c33-29-19-32(28(30(29)34)21-35-20-22-11-3-1-4-12-22)31(23-13-5-2-6-14-23)26-17-9-7-15-24(26)25-16-8-10-18-27(25)31/h1-18,28-30,33-34H,19-21H2/t28-,29+,30-/m0/s1. The summed E-state index contributed by atoms with van der Waals surface area (Å²) in [4.78, 5) is 2.27. The van der Waals surface area contributed by atoms with Crippen LogP contribution in [0.15, 0.2) is 109 Å². The fourth-order valence-corrected chi connectivity index (χ4v) is 6.01. The topological polar surface area (TPSA) is 52.9 Å². The maximum atomic E-state index is 11.2. The first-order valence-electron chi connectivity index (χ1n) is 12.2. The molecule has 1 aliphatic carbocycles. The molecule has 4 aromatic carbocycles. The number of likely N-dealkylation sites (tertiary alicyclic amines) is 1. The van der Waals surface area contributed by atoms with Crippen LogP contribution in [0.5, 0.6) is 0 Å². The third-order valence-corrected chi connectivity index (χ3v) is 7.52. The summed E-state index contributed by atoms with van der Waals surface area (Å²) in [7, 11) is 0. The van der Waals surface area contributed by atoms with E-state index in [1.165, 1.54) is 22.3 Å². The predicted octanol–water partition coefficient (Wildman–Crippen LogP) is 4.58. The van der Waals surface area contributed by atoms with E-state index >= 15 is 0 Å². The van der Waals surface area contributed by atoms with E-state index in [1.807, 2.05) is 36.4 Å². The highest BCUT2D eigenvalue weighted by molar-refractivity contribution is 5.83. The summed E-state index contributed by atoms with van der Waals surface area (Å²) in [5, 5.41) is 22.1. The molecule has 1 fully saturated rings. The Morgan fingerprint density at radius 1 is 0.714 bits per heavy atom. The SMILES string of the molecule is O[C@@H]1[C@H](O)CN(C2(c3ccccc3)c3ccccc3-c3ccccc32)[C@H]1COCc1ccccc1. The Labute approximate surface area is 206 Å². The van der Waals surface area contributed by atoms with Gasteiger partial charge in [-0.25, -0.2) is 0 Å². The fourth-order valence-electron chi connectivity index (χ4n) is 6.01. The molecule has 0 amide bonds. The van der Waals surface area contributed by atoms with Gasteiger partial charge in [0.1, 0.15) is 0 Å². The van der Waals surface area contributed by atoms with Crippen molar-refractivity contribution in [2.45, 2.75) is 30.4 Å². The van der Waals surface area contributed by atoms with Crippen LogP contribution in [-0.2, 0) is 16.9 Å². The number of aliphatic hydroxyl groups is 2. The molecular formula is C31H29NO3. The molecule has 176 valence electrons. The molecule has 2 aliphatic rings. The molecule has 2 N–H and O–H groups in total. The molecular weight excluding hydrogens is 434 g/mol. The van der Waals surface area contributed by atoms with Crippen molar-refractivity contribution in [2.24, 2.45) is 0 Å². The maximum Gasteiger partial charge on any atom is 0.0990 e. The quantitative estimate of drug-likeness (QED) is 0.440. The molecule has 1 saturated heterocycles. The Kier molecular flexibility index (Phi) is 5.75. The highest BCUT2D eigenvalue weighted by Crippen LogP contribution is 2.55. The van der Waals surface area contributed by atoms with E-state index in [-0.39, 0.29) is 6.04 Å². The minimum Gasteiger partial charge on any atom is -0.389 e. The minimum absolute atomic E-state index is 0.312. The van der Waals surface area contributed by atoms with Crippen LogP contribution in [0.1, 0.15) is 22.3 Å². The molecule has 6 rings (SSSR count). The first kappa shape index (κ1) is 22.2. The number of hydrogen-bond acceptors (Lipinski definition) is 4. The third kappa shape index (κ3) is 3.53. The van der Waals surface area contributed by atoms with E-state index in [2.05, 4.69) is 77.7 Å². The summed E-state index contributed by atoms with van der Waals surface area (Å²) >= 11 is 0. The van der Waals surface area contributed by atoms with Crippen molar-refractivity contribution >= 4 is 0 Å². The Balaban J connectivity index is 1.48. The van der Waals surface area contributed by atoms with Crippen LogP contribution < -0.4 is 0 Å². The minimum atomic E-state index is -0.911. The first-order chi connectivity index (χ1) is 17.2. The van der Waals surface area contributed by atoms with Gasteiger partial charge in [0.15, 0.2) is 0 Å². The van der Waals surface area contributed by atoms with E-state index in [0.717, 1.165) is 11.1 Å². The smallest absolute Gasteiger partial charge is 0.0990 e. The van der Waals surface area contributed by atoms with Crippen molar-refractivity contribution in [2.75, 3.05) is 13.2 Å². The molecule has 0 aromatic heterocycles. The number of fused-ring (bicyclic) bond motifs is 3. The van der Waals surface area contributed by atoms with Crippen molar-refractivity contribution in [3.05, 3.63) is 131 Å². The molecule has 0 bridgehead atoms. The third-order valence-electron chi connectivity index (χ3n) is 7.52. The predicted molar refractivity (Wildman–Crippen MR) is 137 cm³/mol. The second kappa shape index (κ2) is 9.06. The Morgan fingerprint density at radius 3 is 1.89 bits per heavy atom. The molecule has 4 nitrogen and oxygen atoms in total. The number of ether oxygens (including phenoxy) is 1. The zero-order valence-electron chi connectivity index (χ0n) is 19.5. The summed E-state index contributed by atoms with van der Waals surface area (Å²) in [5.74, 6) is 0. The average Bonchev–Trinajstić information content (AvgIpc) is 3.37. The molecule has 0 spiro atoms. The normalized spacial score (nSPS) is 22.6. The maximum absolute atomic E-state index is 11.2. The number of aliphatic hydroxyl groups excluding tert-OH is 2. The van der Waals surface area contributed by atoms with Gasteiger partial charge >= 0.3 is 0 Å². The average molecular weight is 464 g/mol. The summed E-state index contributed by atoms with van der Waals surface area (Å²) in [5.41, 5.74) is 6.27. The molecule has 1 aliphatic heterocycles. The molecule has 0 saturated carbocycles. The number of hydrogen-bond donors (Lipinski definition) is 2. The first-order valence-corrected chi connectivity index (χ1v) is 12.2. The van der Waals surface area contributed by atoms with Crippen LogP contribution in [0.3, 0.4) is 0 Å². The van der Waals surface area contributed by atoms with Gasteiger partial charge in [-0.05, 0) is 33.4 Å². The van der Waals surface area contributed by atoms with Crippen molar-refractivity contribution in [1.29, 1.82) is 0 Å².